The van der Waals surface area contributed by atoms with Gasteiger partial charge in [-0.2, -0.15) is 5.26 Å². The number of benzene rings is 1. The molecule has 2 amide bonds. The Bertz CT molecular complexity index is 927. The quantitative estimate of drug-likeness (QED) is 0.810. The number of carbonyl (C=O) groups excluding carboxylic acids is 2. The lowest BCUT2D eigenvalue weighted by molar-refractivity contribution is -0.142. The maximum Gasteiger partial charge on any atom is 0.240 e. The lowest BCUT2D eigenvalue weighted by Gasteiger charge is -2.36. The van der Waals surface area contributed by atoms with Crippen LogP contribution in [0.15, 0.2) is 42.7 Å². The fraction of sp³-hybridized carbons (Fsp3) is 0.350. The third kappa shape index (κ3) is 3.39. The van der Waals surface area contributed by atoms with Crippen molar-refractivity contribution < 1.29 is 9.59 Å². The largest absolute Gasteiger partial charge is 0.338 e. The van der Waals surface area contributed by atoms with E-state index in [1.165, 1.54) is 0 Å². The van der Waals surface area contributed by atoms with Crippen molar-refractivity contribution in [2.75, 3.05) is 36.4 Å². The fourth-order valence-electron chi connectivity index (χ4n) is 3.45. The molecule has 1 aliphatic carbocycles. The van der Waals surface area contributed by atoms with Crippen LogP contribution < -0.4 is 10.2 Å². The van der Waals surface area contributed by atoms with Gasteiger partial charge in [-0.3, -0.25) is 9.59 Å². The van der Waals surface area contributed by atoms with Crippen LogP contribution in [0.2, 0.25) is 0 Å². The van der Waals surface area contributed by atoms with Crippen LogP contribution in [0.1, 0.15) is 18.4 Å². The lowest BCUT2D eigenvalue weighted by atomic mass is 10.0. The molecular weight excluding hydrogens is 356 g/mol. The van der Waals surface area contributed by atoms with Crippen molar-refractivity contribution in [3.05, 3.63) is 48.3 Å². The molecule has 1 aromatic carbocycles. The van der Waals surface area contributed by atoms with Crippen LogP contribution in [0.3, 0.4) is 0 Å². The number of carbonyl (C=O) groups is 2. The van der Waals surface area contributed by atoms with Gasteiger partial charge < -0.3 is 15.1 Å². The SMILES string of the molecule is N#Cc1cccc(NC(=O)C2(C(=O)N3CCN(c4ncccn4)CC3)CC2)c1. The van der Waals surface area contributed by atoms with E-state index in [1.807, 2.05) is 11.0 Å². The van der Waals surface area contributed by atoms with Crippen LogP contribution in [0.4, 0.5) is 11.6 Å². The molecule has 8 nitrogen and oxygen atoms in total. The molecule has 2 aromatic rings. The molecule has 0 atom stereocenters. The van der Waals surface area contributed by atoms with E-state index in [0.29, 0.717) is 56.2 Å². The van der Waals surface area contributed by atoms with Crippen LogP contribution >= 0.6 is 0 Å². The molecule has 1 saturated carbocycles. The average Bonchev–Trinajstić information content (AvgIpc) is 3.56. The number of anilines is 2. The van der Waals surface area contributed by atoms with E-state index in [9.17, 15) is 9.59 Å². The highest BCUT2D eigenvalue weighted by Gasteiger charge is 2.58. The fourth-order valence-corrected chi connectivity index (χ4v) is 3.45. The first kappa shape index (κ1) is 17.9. The van der Waals surface area contributed by atoms with Crippen molar-refractivity contribution in [3.63, 3.8) is 0 Å². The van der Waals surface area contributed by atoms with Crippen LogP contribution in [0.5, 0.6) is 0 Å². The summed E-state index contributed by atoms with van der Waals surface area (Å²) in [7, 11) is 0. The first-order chi connectivity index (χ1) is 13.6. The summed E-state index contributed by atoms with van der Waals surface area (Å²) in [5, 5.41) is 11.8. The van der Waals surface area contributed by atoms with E-state index in [1.54, 1.807) is 47.6 Å². The predicted octanol–water partition coefficient (Wildman–Crippen LogP) is 1.42. The van der Waals surface area contributed by atoms with E-state index >= 15 is 0 Å². The van der Waals surface area contributed by atoms with E-state index < -0.39 is 5.41 Å². The van der Waals surface area contributed by atoms with Crippen molar-refractivity contribution >= 4 is 23.5 Å². The highest BCUT2D eigenvalue weighted by Crippen LogP contribution is 2.48. The highest BCUT2D eigenvalue weighted by molar-refractivity contribution is 6.13. The normalized spacial score (nSPS) is 17.5. The zero-order valence-corrected chi connectivity index (χ0v) is 15.3. The van der Waals surface area contributed by atoms with Gasteiger partial charge in [0, 0.05) is 44.3 Å². The molecule has 0 bridgehead atoms. The summed E-state index contributed by atoms with van der Waals surface area (Å²) in [4.78, 5) is 38.1. The minimum Gasteiger partial charge on any atom is -0.338 e. The Morgan fingerprint density at radius 2 is 1.79 bits per heavy atom. The van der Waals surface area contributed by atoms with Gasteiger partial charge in [0.15, 0.2) is 0 Å². The number of aromatic nitrogens is 2. The maximum absolute atomic E-state index is 13.0. The predicted molar refractivity (Wildman–Crippen MR) is 102 cm³/mol. The minimum absolute atomic E-state index is 0.116. The standard InChI is InChI=1S/C20H20N6O2/c21-14-15-3-1-4-16(13-15)24-17(27)20(5-6-20)18(28)25-9-11-26(12-10-25)19-22-7-2-8-23-19/h1-4,7-8,13H,5-6,9-12H2,(H,24,27). The Morgan fingerprint density at radius 3 is 2.43 bits per heavy atom. The van der Waals surface area contributed by atoms with Crippen LogP contribution in [0, 0.1) is 16.7 Å². The van der Waals surface area contributed by atoms with Gasteiger partial charge in [0.25, 0.3) is 0 Å². The molecule has 1 aromatic heterocycles. The minimum atomic E-state index is -0.978. The van der Waals surface area contributed by atoms with E-state index in [2.05, 4.69) is 15.3 Å². The van der Waals surface area contributed by atoms with Crippen molar-refractivity contribution in [2.24, 2.45) is 5.41 Å². The molecule has 8 heteroatoms. The molecule has 0 radical (unpaired) electrons. The number of amides is 2. The number of nitrogens with one attached hydrogen (secondary N) is 1. The molecule has 0 spiro atoms. The molecule has 28 heavy (non-hydrogen) atoms. The van der Waals surface area contributed by atoms with Gasteiger partial charge in [-0.05, 0) is 37.1 Å². The topological polar surface area (TPSA) is 102 Å². The summed E-state index contributed by atoms with van der Waals surface area (Å²) in [6, 6.07) is 10.5. The smallest absolute Gasteiger partial charge is 0.240 e. The second-order valence-electron chi connectivity index (χ2n) is 7.06. The zero-order valence-electron chi connectivity index (χ0n) is 15.3. The molecule has 2 heterocycles. The Hall–Kier alpha value is -3.47. The number of hydrogen-bond acceptors (Lipinski definition) is 6. The summed E-state index contributed by atoms with van der Waals surface area (Å²) < 4.78 is 0. The first-order valence-corrected chi connectivity index (χ1v) is 9.25. The third-order valence-corrected chi connectivity index (χ3v) is 5.25. The van der Waals surface area contributed by atoms with Gasteiger partial charge in [0.05, 0.1) is 11.6 Å². The Morgan fingerprint density at radius 1 is 1.07 bits per heavy atom. The molecule has 1 saturated heterocycles. The van der Waals surface area contributed by atoms with E-state index in [-0.39, 0.29) is 11.8 Å². The van der Waals surface area contributed by atoms with Gasteiger partial charge in [0.1, 0.15) is 5.41 Å². The lowest BCUT2D eigenvalue weighted by Crippen LogP contribution is -2.53. The van der Waals surface area contributed by atoms with Gasteiger partial charge in [-0.1, -0.05) is 6.07 Å². The molecule has 2 fully saturated rings. The second-order valence-corrected chi connectivity index (χ2v) is 7.06. The molecule has 1 N–H and O–H groups in total. The molecule has 0 unspecified atom stereocenters. The molecular formula is C20H20N6O2. The number of piperazine rings is 1. The second kappa shape index (κ2) is 7.27. The Kier molecular flexibility index (Phi) is 4.65. The number of nitrogens with zero attached hydrogens (tertiary/aromatic N) is 5. The number of rotatable bonds is 4. The summed E-state index contributed by atoms with van der Waals surface area (Å²) in [5.41, 5.74) is 0.0241. The summed E-state index contributed by atoms with van der Waals surface area (Å²) in [6.07, 6.45) is 4.50. The van der Waals surface area contributed by atoms with Gasteiger partial charge in [0.2, 0.25) is 17.8 Å². The zero-order chi connectivity index (χ0) is 19.6. The van der Waals surface area contributed by atoms with Crippen LogP contribution in [0.25, 0.3) is 0 Å². The van der Waals surface area contributed by atoms with Crippen LogP contribution in [-0.2, 0) is 9.59 Å². The van der Waals surface area contributed by atoms with Gasteiger partial charge in [-0.25, -0.2) is 9.97 Å². The summed E-state index contributed by atoms with van der Waals surface area (Å²) >= 11 is 0. The van der Waals surface area contributed by atoms with Crippen molar-refractivity contribution in [1.29, 1.82) is 5.26 Å². The Balaban J connectivity index is 1.39. The summed E-state index contributed by atoms with van der Waals surface area (Å²) in [6.45, 7) is 2.35. The molecule has 142 valence electrons. The third-order valence-electron chi connectivity index (χ3n) is 5.25. The van der Waals surface area contributed by atoms with Crippen molar-refractivity contribution in [3.8, 4) is 6.07 Å². The van der Waals surface area contributed by atoms with Gasteiger partial charge >= 0.3 is 0 Å². The molecule has 4 rings (SSSR count). The average molecular weight is 376 g/mol. The highest BCUT2D eigenvalue weighted by atomic mass is 16.2. The van der Waals surface area contributed by atoms with Gasteiger partial charge in [-0.15, -0.1) is 0 Å². The number of hydrogen-bond donors (Lipinski definition) is 1. The maximum atomic E-state index is 13.0. The molecule has 1 aliphatic heterocycles. The van der Waals surface area contributed by atoms with E-state index in [4.69, 9.17) is 5.26 Å². The molecule has 2 aliphatic rings. The van der Waals surface area contributed by atoms with Crippen LogP contribution in [-0.4, -0.2) is 52.9 Å². The van der Waals surface area contributed by atoms with Crippen molar-refractivity contribution in [1.82, 2.24) is 14.9 Å². The van der Waals surface area contributed by atoms with E-state index in [0.717, 1.165) is 0 Å². The summed E-state index contributed by atoms with van der Waals surface area (Å²) in [5.74, 6) is 0.252. The van der Waals surface area contributed by atoms with Crippen molar-refractivity contribution in [2.45, 2.75) is 12.8 Å². The monoisotopic (exact) mass is 376 g/mol. The number of nitriles is 1. The Labute approximate surface area is 162 Å². The first-order valence-electron chi connectivity index (χ1n) is 9.25.